The Morgan fingerprint density at radius 2 is 1.91 bits per heavy atom. The molecular formula is C24H21F3N6O. The van der Waals surface area contributed by atoms with Crippen molar-refractivity contribution in [3.8, 4) is 11.3 Å². The molecule has 3 aromatic heterocycles. The number of nitrogens with zero attached hydrogens (tertiary/aromatic N) is 6. The predicted octanol–water partition coefficient (Wildman–Crippen LogP) is 4.15. The van der Waals surface area contributed by atoms with E-state index >= 15 is 0 Å². The van der Waals surface area contributed by atoms with Crippen LogP contribution >= 0.6 is 0 Å². The van der Waals surface area contributed by atoms with Crippen molar-refractivity contribution in [2.75, 3.05) is 0 Å². The fourth-order valence-corrected chi connectivity index (χ4v) is 5.54. The molecule has 2 aliphatic heterocycles. The summed E-state index contributed by atoms with van der Waals surface area (Å²) in [5.74, 6) is -4.11. The number of hydrogen-bond donors (Lipinski definition) is 0. The number of halogens is 3. The van der Waals surface area contributed by atoms with E-state index in [1.807, 2.05) is 11.8 Å². The molecule has 10 heteroatoms. The second kappa shape index (κ2) is 7.41. The first-order chi connectivity index (χ1) is 16.3. The lowest BCUT2D eigenvalue weighted by Crippen LogP contribution is -2.50. The Labute approximate surface area is 192 Å². The molecule has 0 saturated carbocycles. The number of carbonyl (C=O) groups is 1. The lowest BCUT2D eigenvalue weighted by molar-refractivity contribution is 0.0390. The molecular weight excluding hydrogens is 445 g/mol. The number of aromatic nitrogens is 5. The van der Waals surface area contributed by atoms with Gasteiger partial charge in [0, 0.05) is 36.5 Å². The van der Waals surface area contributed by atoms with E-state index in [9.17, 15) is 18.0 Å². The average molecular weight is 466 g/mol. The maximum atomic E-state index is 14.0. The number of rotatable bonds is 2. The van der Waals surface area contributed by atoms with Crippen LogP contribution in [-0.4, -0.2) is 41.2 Å². The first-order valence-corrected chi connectivity index (χ1v) is 11.2. The van der Waals surface area contributed by atoms with Crippen molar-refractivity contribution in [1.82, 2.24) is 29.3 Å². The van der Waals surface area contributed by atoms with Crippen molar-refractivity contribution in [1.29, 1.82) is 0 Å². The zero-order valence-electron chi connectivity index (χ0n) is 18.6. The molecule has 1 amide bonds. The summed E-state index contributed by atoms with van der Waals surface area (Å²) in [6, 6.07) is 3.41. The topological polar surface area (TPSA) is 68.3 Å². The van der Waals surface area contributed by atoms with E-state index in [-0.39, 0.29) is 23.6 Å². The van der Waals surface area contributed by atoms with Crippen LogP contribution in [0.25, 0.3) is 16.9 Å². The fourth-order valence-electron chi connectivity index (χ4n) is 5.54. The second-order valence-corrected chi connectivity index (χ2v) is 8.97. The van der Waals surface area contributed by atoms with E-state index in [0.717, 1.165) is 42.7 Å². The molecule has 174 valence electrons. The van der Waals surface area contributed by atoms with Gasteiger partial charge < -0.3 is 4.90 Å². The van der Waals surface area contributed by atoms with Crippen LogP contribution in [0.4, 0.5) is 13.2 Å². The highest BCUT2D eigenvalue weighted by Crippen LogP contribution is 2.45. The van der Waals surface area contributed by atoms with E-state index < -0.39 is 17.5 Å². The highest BCUT2D eigenvalue weighted by molar-refractivity contribution is 5.96. The molecule has 5 heterocycles. The Bertz CT molecular complexity index is 1450. The smallest absolute Gasteiger partial charge is 0.258 e. The van der Waals surface area contributed by atoms with Crippen molar-refractivity contribution >= 4 is 11.6 Å². The van der Waals surface area contributed by atoms with Crippen LogP contribution in [-0.2, 0) is 13.5 Å². The van der Waals surface area contributed by atoms with Crippen LogP contribution in [0, 0.1) is 24.4 Å². The molecule has 0 N–H and O–H groups in total. The summed E-state index contributed by atoms with van der Waals surface area (Å²) in [5.41, 5.74) is 4.21. The summed E-state index contributed by atoms with van der Waals surface area (Å²) >= 11 is 0. The summed E-state index contributed by atoms with van der Waals surface area (Å²) < 4.78 is 44.8. The third-order valence-electron chi connectivity index (χ3n) is 7.05. The molecule has 4 aromatic rings. The normalized spacial score (nSPS) is 19.5. The van der Waals surface area contributed by atoms with Crippen LogP contribution in [0.1, 0.15) is 52.6 Å². The van der Waals surface area contributed by atoms with Crippen LogP contribution in [0.5, 0.6) is 0 Å². The van der Waals surface area contributed by atoms with Gasteiger partial charge in [-0.25, -0.2) is 22.7 Å². The van der Waals surface area contributed by atoms with Gasteiger partial charge in [0.25, 0.3) is 5.91 Å². The van der Waals surface area contributed by atoms with E-state index in [0.29, 0.717) is 29.0 Å². The minimum Gasteiger partial charge on any atom is -0.327 e. The molecule has 0 unspecified atom stereocenters. The Balaban J connectivity index is 1.45. The summed E-state index contributed by atoms with van der Waals surface area (Å²) in [4.78, 5) is 20.0. The van der Waals surface area contributed by atoms with Crippen LogP contribution in [0.15, 0.2) is 30.6 Å². The van der Waals surface area contributed by atoms with E-state index in [1.165, 1.54) is 0 Å². The third-order valence-corrected chi connectivity index (χ3v) is 7.05. The van der Waals surface area contributed by atoms with E-state index in [1.54, 1.807) is 34.7 Å². The number of benzene rings is 1. The zero-order valence-corrected chi connectivity index (χ0v) is 18.6. The lowest BCUT2D eigenvalue weighted by Gasteiger charge is -2.45. The first kappa shape index (κ1) is 20.9. The standard InChI is InChI=1S/C24H21F3N6O/c1-12-16(11-28-20-6-7-29-33(12)20)24(34)32-14-4-3-5-19(32)22-15(10-14)23(31(2)30-22)13-8-17(25)21(27)18(26)9-13/h6-9,11,14,19H,3-5,10H2,1-2H3/t14-,19+/m1/s1. The maximum absolute atomic E-state index is 14.0. The van der Waals surface area contributed by atoms with Crippen LogP contribution < -0.4 is 0 Å². The van der Waals surface area contributed by atoms with Gasteiger partial charge in [0.2, 0.25) is 0 Å². The van der Waals surface area contributed by atoms with Gasteiger partial charge in [0.1, 0.15) is 0 Å². The summed E-state index contributed by atoms with van der Waals surface area (Å²) in [6.45, 7) is 1.84. The van der Waals surface area contributed by atoms with Gasteiger partial charge in [-0.15, -0.1) is 0 Å². The molecule has 0 spiro atoms. The quantitative estimate of drug-likeness (QED) is 0.417. The number of amides is 1. The van der Waals surface area contributed by atoms with Gasteiger partial charge in [-0.05, 0) is 44.7 Å². The lowest BCUT2D eigenvalue weighted by atomic mass is 9.81. The van der Waals surface area contributed by atoms with Crippen molar-refractivity contribution in [3.05, 3.63) is 70.6 Å². The molecule has 2 aliphatic rings. The van der Waals surface area contributed by atoms with Gasteiger partial charge >= 0.3 is 0 Å². The largest absolute Gasteiger partial charge is 0.327 e. The Morgan fingerprint density at radius 3 is 2.68 bits per heavy atom. The molecule has 0 radical (unpaired) electrons. The van der Waals surface area contributed by atoms with Gasteiger partial charge in [0.15, 0.2) is 23.1 Å². The van der Waals surface area contributed by atoms with E-state index in [2.05, 4.69) is 15.2 Å². The van der Waals surface area contributed by atoms with Crippen molar-refractivity contribution < 1.29 is 18.0 Å². The minimum absolute atomic E-state index is 0.0930. The van der Waals surface area contributed by atoms with Gasteiger partial charge in [-0.1, -0.05) is 0 Å². The third kappa shape index (κ3) is 2.90. The van der Waals surface area contributed by atoms with E-state index in [4.69, 9.17) is 0 Å². The molecule has 2 bridgehead atoms. The predicted molar refractivity (Wildman–Crippen MR) is 116 cm³/mol. The Kier molecular flexibility index (Phi) is 4.55. The number of piperidine rings is 1. The fraction of sp³-hybridized carbons (Fsp3) is 0.333. The molecule has 1 fully saturated rings. The summed E-state index contributed by atoms with van der Waals surface area (Å²) in [7, 11) is 1.70. The van der Waals surface area contributed by atoms with Crippen molar-refractivity contribution in [2.24, 2.45) is 7.05 Å². The summed E-state index contributed by atoms with van der Waals surface area (Å²) in [6.07, 6.45) is 6.21. The van der Waals surface area contributed by atoms with Gasteiger partial charge in [0.05, 0.1) is 34.9 Å². The maximum Gasteiger partial charge on any atom is 0.258 e. The monoisotopic (exact) mass is 466 g/mol. The highest BCUT2D eigenvalue weighted by Gasteiger charge is 2.44. The Hall–Kier alpha value is -3.69. The highest BCUT2D eigenvalue weighted by atomic mass is 19.2. The molecule has 7 nitrogen and oxygen atoms in total. The molecule has 34 heavy (non-hydrogen) atoms. The average Bonchev–Trinajstić information content (AvgIpc) is 3.41. The molecule has 1 saturated heterocycles. The molecule has 1 aromatic carbocycles. The number of carbonyl (C=O) groups excluding carboxylic acids is 1. The number of hydrogen-bond acceptors (Lipinski definition) is 4. The minimum atomic E-state index is -1.49. The first-order valence-electron chi connectivity index (χ1n) is 11.2. The van der Waals surface area contributed by atoms with Crippen LogP contribution in [0.3, 0.4) is 0 Å². The van der Waals surface area contributed by atoms with Gasteiger partial charge in [-0.3, -0.25) is 9.48 Å². The molecule has 2 atom stereocenters. The number of fused-ring (bicyclic) bond motifs is 5. The van der Waals surface area contributed by atoms with Crippen molar-refractivity contribution in [3.63, 3.8) is 0 Å². The molecule has 0 aliphatic carbocycles. The van der Waals surface area contributed by atoms with Crippen molar-refractivity contribution in [2.45, 2.75) is 44.7 Å². The molecule has 6 rings (SSSR count). The summed E-state index contributed by atoms with van der Waals surface area (Å²) in [5, 5.41) is 8.93. The zero-order chi connectivity index (χ0) is 23.7. The SMILES string of the molecule is Cc1c(C(=O)N2[C@@H]3CCC[C@H]2c2nn(C)c(-c4cc(F)c(F)c(F)c4)c2C3)cnc2ccnn12. The second-order valence-electron chi connectivity index (χ2n) is 8.97. The van der Waals surface area contributed by atoms with Crippen LogP contribution in [0.2, 0.25) is 0 Å². The number of aryl methyl sites for hydroxylation is 2. The Morgan fingerprint density at radius 1 is 1.15 bits per heavy atom. The van der Waals surface area contributed by atoms with Gasteiger partial charge in [-0.2, -0.15) is 10.2 Å².